The van der Waals surface area contributed by atoms with E-state index in [1.165, 1.54) is 31.4 Å². The largest absolute Gasteiger partial charge is 0.494 e. The standard InChI is InChI=1S/C23H30ClN3O2/c1-28-19-14-18(16-27-21(19)24)15-25-12-9-22(20-6-2-5-11-26-20)10-13-29-23(17-22)7-3-4-8-23/h2,5-6,11,14,16,25H,3-4,7-10,12-13,15,17H2,1H3. The Labute approximate surface area is 178 Å². The summed E-state index contributed by atoms with van der Waals surface area (Å²) in [6, 6.07) is 8.25. The molecule has 1 saturated heterocycles. The lowest BCUT2D eigenvalue weighted by atomic mass is 9.68. The molecular formula is C23H30ClN3O2. The van der Waals surface area contributed by atoms with Crippen molar-refractivity contribution in [2.24, 2.45) is 0 Å². The van der Waals surface area contributed by atoms with Crippen molar-refractivity contribution in [2.45, 2.75) is 62.5 Å². The van der Waals surface area contributed by atoms with Crippen molar-refractivity contribution >= 4 is 11.6 Å². The number of methoxy groups -OCH3 is 1. The van der Waals surface area contributed by atoms with Crippen LogP contribution in [0, 0.1) is 0 Å². The Morgan fingerprint density at radius 3 is 2.83 bits per heavy atom. The van der Waals surface area contributed by atoms with Crippen molar-refractivity contribution in [3.05, 3.63) is 53.1 Å². The summed E-state index contributed by atoms with van der Waals surface area (Å²) in [6.07, 6.45) is 11.8. The second-order valence-corrected chi connectivity index (χ2v) is 8.78. The number of pyridine rings is 2. The minimum atomic E-state index is 0.0588. The van der Waals surface area contributed by atoms with Crippen LogP contribution in [0.5, 0.6) is 5.75 Å². The van der Waals surface area contributed by atoms with Gasteiger partial charge in [-0.15, -0.1) is 0 Å². The summed E-state index contributed by atoms with van der Waals surface area (Å²) in [5.74, 6) is 0.614. The molecule has 29 heavy (non-hydrogen) atoms. The highest BCUT2D eigenvalue weighted by Gasteiger charge is 2.48. The number of halogens is 1. The van der Waals surface area contributed by atoms with Crippen LogP contribution in [0.4, 0.5) is 0 Å². The minimum Gasteiger partial charge on any atom is -0.494 e. The van der Waals surface area contributed by atoms with E-state index in [0.717, 1.165) is 44.5 Å². The molecule has 1 aliphatic carbocycles. The first-order valence-electron chi connectivity index (χ1n) is 10.6. The Bertz CT molecular complexity index is 811. The van der Waals surface area contributed by atoms with E-state index in [9.17, 15) is 0 Å². The van der Waals surface area contributed by atoms with Gasteiger partial charge in [0.2, 0.25) is 0 Å². The van der Waals surface area contributed by atoms with Gasteiger partial charge < -0.3 is 14.8 Å². The van der Waals surface area contributed by atoms with Crippen LogP contribution in [-0.2, 0) is 16.7 Å². The van der Waals surface area contributed by atoms with Crippen molar-refractivity contribution in [1.82, 2.24) is 15.3 Å². The highest BCUT2D eigenvalue weighted by atomic mass is 35.5. The summed E-state index contributed by atoms with van der Waals surface area (Å²) in [5.41, 5.74) is 2.42. The molecule has 3 heterocycles. The predicted octanol–water partition coefficient (Wildman–Crippen LogP) is 4.68. The average molecular weight is 416 g/mol. The third-order valence-electron chi connectivity index (χ3n) is 6.57. The lowest BCUT2D eigenvalue weighted by molar-refractivity contribution is -0.104. The van der Waals surface area contributed by atoms with E-state index in [-0.39, 0.29) is 11.0 Å². The van der Waals surface area contributed by atoms with Crippen LogP contribution in [0.2, 0.25) is 5.15 Å². The fourth-order valence-electron chi connectivity index (χ4n) is 5.06. The molecule has 0 radical (unpaired) electrons. The van der Waals surface area contributed by atoms with E-state index in [1.54, 1.807) is 13.3 Å². The van der Waals surface area contributed by atoms with E-state index in [0.29, 0.717) is 10.9 Å². The zero-order valence-electron chi connectivity index (χ0n) is 17.1. The quantitative estimate of drug-likeness (QED) is 0.525. The zero-order chi connectivity index (χ0) is 20.2. The van der Waals surface area contributed by atoms with E-state index >= 15 is 0 Å². The summed E-state index contributed by atoms with van der Waals surface area (Å²) < 4.78 is 11.6. The third kappa shape index (κ3) is 4.57. The maximum Gasteiger partial charge on any atom is 0.171 e. The second-order valence-electron chi connectivity index (χ2n) is 8.42. The normalized spacial score (nSPS) is 23.4. The van der Waals surface area contributed by atoms with Crippen LogP contribution in [0.3, 0.4) is 0 Å². The molecular weight excluding hydrogens is 386 g/mol. The van der Waals surface area contributed by atoms with E-state index in [2.05, 4.69) is 22.4 Å². The van der Waals surface area contributed by atoms with Gasteiger partial charge in [0.05, 0.1) is 12.7 Å². The maximum absolute atomic E-state index is 6.33. The van der Waals surface area contributed by atoms with Gasteiger partial charge in [0.15, 0.2) is 10.9 Å². The molecule has 6 heteroatoms. The highest BCUT2D eigenvalue weighted by molar-refractivity contribution is 6.30. The number of ether oxygens (including phenoxy) is 2. The number of nitrogens with one attached hydrogen (secondary N) is 1. The fourth-order valence-corrected chi connectivity index (χ4v) is 5.25. The van der Waals surface area contributed by atoms with Crippen LogP contribution in [0.15, 0.2) is 36.7 Å². The van der Waals surface area contributed by atoms with Crippen molar-refractivity contribution in [1.29, 1.82) is 0 Å². The molecule has 0 aromatic carbocycles. The van der Waals surface area contributed by atoms with Gasteiger partial charge in [0.1, 0.15) is 0 Å². The van der Waals surface area contributed by atoms with E-state index in [1.807, 2.05) is 18.3 Å². The molecule has 2 aromatic rings. The highest BCUT2D eigenvalue weighted by Crippen LogP contribution is 2.49. The molecule has 1 spiro atoms. The van der Waals surface area contributed by atoms with Crippen molar-refractivity contribution in [2.75, 3.05) is 20.3 Å². The van der Waals surface area contributed by atoms with Gasteiger partial charge in [0, 0.05) is 36.7 Å². The zero-order valence-corrected chi connectivity index (χ0v) is 17.9. The van der Waals surface area contributed by atoms with Crippen LogP contribution in [0.25, 0.3) is 0 Å². The van der Waals surface area contributed by atoms with E-state index < -0.39 is 0 Å². The number of hydrogen-bond acceptors (Lipinski definition) is 5. The van der Waals surface area contributed by atoms with Crippen LogP contribution in [0.1, 0.15) is 56.2 Å². The first kappa shape index (κ1) is 20.6. The van der Waals surface area contributed by atoms with Crippen molar-refractivity contribution < 1.29 is 9.47 Å². The van der Waals surface area contributed by atoms with Gasteiger partial charge in [-0.3, -0.25) is 4.98 Å². The first-order chi connectivity index (χ1) is 14.1. The molecule has 0 bridgehead atoms. The summed E-state index contributed by atoms with van der Waals surface area (Å²) in [5, 5.41) is 3.98. The van der Waals surface area contributed by atoms with Crippen molar-refractivity contribution in [3.63, 3.8) is 0 Å². The molecule has 1 saturated carbocycles. The van der Waals surface area contributed by atoms with Crippen LogP contribution >= 0.6 is 11.6 Å². The topological polar surface area (TPSA) is 56.3 Å². The SMILES string of the molecule is COc1cc(CNCCC2(c3ccccn3)CCOC3(CCCC3)C2)cnc1Cl. The monoisotopic (exact) mass is 415 g/mol. The van der Waals surface area contributed by atoms with Gasteiger partial charge in [-0.2, -0.15) is 0 Å². The number of nitrogens with zero attached hydrogens (tertiary/aromatic N) is 2. The molecule has 2 aromatic heterocycles. The Hall–Kier alpha value is -1.69. The third-order valence-corrected chi connectivity index (χ3v) is 6.85. The van der Waals surface area contributed by atoms with Gasteiger partial charge >= 0.3 is 0 Å². The molecule has 4 rings (SSSR count). The van der Waals surface area contributed by atoms with Crippen LogP contribution < -0.4 is 10.1 Å². The summed E-state index contributed by atoms with van der Waals surface area (Å²) in [7, 11) is 1.61. The van der Waals surface area contributed by atoms with Gasteiger partial charge in [0.25, 0.3) is 0 Å². The minimum absolute atomic E-state index is 0.0588. The Balaban J connectivity index is 1.44. The number of hydrogen-bond donors (Lipinski definition) is 1. The van der Waals surface area contributed by atoms with E-state index in [4.69, 9.17) is 26.1 Å². The molecule has 2 aliphatic rings. The lowest BCUT2D eigenvalue weighted by Gasteiger charge is -2.46. The molecule has 1 aliphatic heterocycles. The first-order valence-corrected chi connectivity index (χ1v) is 11.0. The summed E-state index contributed by atoms with van der Waals surface area (Å²) in [6.45, 7) is 2.48. The number of aromatic nitrogens is 2. The summed E-state index contributed by atoms with van der Waals surface area (Å²) in [4.78, 5) is 8.98. The molecule has 156 valence electrons. The summed E-state index contributed by atoms with van der Waals surface area (Å²) >= 11 is 6.03. The van der Waals surface area contributed by atoms with Crippen molar-refractivity contribution in [3.8, 4) is 5.75 Å². The number of rotatable bonds is 7. The average Bonchev–Trinajstić information content (AvgIpc) is 3.20. The molecule has 1 atom stereocenters. The Kier molecular flexibility index (Phi) is 6.38. The molecule has 1 unspecified atom stereocenters. The maximum atomic E-state index is 6.33. The van der Waals surface area contributed by atoms with Gasteiger partial charge in [-0.1, -0.05) is 30.5 Å². The smallest absolute Gasteiger partial charge is 0.171 e. The second kappa shape index (κ2) is 8.99. The molecule has 0 amide bonds. The Morgan fingerprint density at radius 2 is 2.07 bits per heavy atom. The van der Waals surface area contributed by atoms with Gasteiger partial charge in [-0.25, -0.2) is 4.98 Å². The molecule has 1 N–H and O–H groups in total. The van der Waals surface area contributed by atoms with Gasteiger partial charge in [-0.05, 0) is 62.4 Å². The fraction of sp³-hybridized carbons (Fsp3) is 0.565. The Morgan fingerprint density at radius 1 is 1.21 bits per heavy atom. The predicted molar refractivity (Wildman–Crippen MR) is 114 cm³/mol. The molecule has 2 fully saturated rings. The molecule has 5 nitrogen and oxygen atoms in total. The lowest BCUT2D eigenvalue weighted by Crippen LogP contribution is -2.47. The van der Waals surface area contributed by atoms with Crippen LogP contribution in [-0.4, -0.2) is 35.8 Å².